The van der Waals surface area contributed by atoms with Crippen molar-refractivity contribution in [2.45, 2.75) is 44.6 Å². The summed E-state index contributed by atoms with van der Waals surface area (Å²) in [6.07, 6.45) is 7.70. The first-order valence-corrected chi connectivity index (χ1v) is 8.05. The fourth-order valence-electron chi connectivity index (χ4n) is 3.34. The topological polar surface area (TPSA) is 35.6 Å². The molecule has 0 spiro atoms. The lowest BCUT2D eigenvalue weighted by atomic mass is 9.98. The fourth-order valence-corrected chi connectivity index (χ4v) is 3.34. The molecule has 1 aliphatic carbocycles. The van der Waals surface area contributed by atoms with E-state index in [0.717, 1.165) is 44.7 Å². The van der Waals surface area contributed by atoms with Crippen LogP contribution in [-0.2, 0) is 4.79 Å². The first-order valence-electron chi connectivity index (χ1n) is 8.05. The average molecular weight is 265 g/mol. The first-order chi connectivity index (χ1) is 9.31. The standard InChI is InChI=1S/C15H27N3O/c19-15(18-8-1-2-9-18)12-17-7-3-4-13(11-17)10-16-14-5-6-14/h13-14,16H,1-12H2. The number of carbonyl (C=O) groups excluding carboxylic acids is 1. The van der Waals surface area contributed by atoms with Crippen LogP contribution in [0.25, 0.3) is 0 Å². The van der Waals surface area contributed by atoms with Gasteiger partial charge in [0.25, 0.3) is 0 Å². The van der Waals surface area contributed by atoms with E-state index in [2.05, 4.69) is 10.2 Å². The summed E-state index contributed by atoms with van der Waals surface area (Å²) >= 11 is 0. The molecule has 4 heteroatoms. The molecule has 1 unspecified atom stereocenters. The normalized spacial score (nSPS) is 28.8. The maximum atomic E-state index is 12.2. The molecule has 108 valence electrons. The van der Waals surface area contributed by atoms with E-state index >= 15 is 0 Å². The third-order valence-corrected chi connectivity index (χ3v) is 4.69. The molecule has 0 aromatic heterocycles. The number of hydrogen-bond donors (Lipinski definition) is 1. The van der Waals surface area contributed by atoms with Gasteiger partial charge < -0.3 is 10.2 Å². The van der Waals surface area contributed by atoms with Crippen LogP contribution in [0.1, 0.15) is 38.5 Å². The van der Waals surface area contributed by atoms with Crippen LogP contribution >= 0.6 is 0 Å². The second-order valence-corrected chi connectivity index (χ2v) is 6.51. The van der Waals surface area contributed by atoms with Gasteiger partial charge in [0.05, 0.1) is 6.54 Å². The zero-order chi connectivity index (χ0) is 13.1. The van der Waals surface area contributed by atoms with Gasteiger partial charge in [0, 0.05) is 25.7 Å². The SMILES string of the molecule is O=C(CN1CCCC(CNC2CC2)C1)N1CCCC1. The molecule has 0 aromatic carbocycles. The lowest BCUT2D eigenvalue weighted by molar-refractivity contribution is -0.131. The Morgan fingerprint density at radius 1 is 1.05 bits per heavy atom. The summed E-state index contributed by atoms with van der Waals surface area (Å²) in [4.78, 5) is 16.6. The van der Waals surface area contributed by atoms with Crippen LogP contribution in [0.2, 0.25) is 0 Å². The van der Waals surface area contributed by atoms with E-state index in [4.69, 9.17) is 0 Å². The van der Waals surface area contributed by atoms with Gasteiger partial charge in [-0.1, -0.05) is 0 Å². The number of nitrogens with zero attached hydrogens (tertiary/aromatic N) is 2. The predicted octanol–water partition coefficient (Wildman–Crippen LogP) is 1.07. The summed E-state index contributed by atoms with van der Waals surface area (Å²) in [5.74, 6) is 1.11. The predicted molar refractivity (Wildman–Crippen MR) is 76.0 cm³/mol. The molecule has 1 amide bonds. The van der Waals surface area contributed by atoms with Crippen molar-refractivity contribution in [1.82, 2.24) is 15.1 Å². The van der Waals surface area contributed by atoms with E-state index in [1.54, 1.807) is 0 Å². The van der Waals surface area contributed by atoms with Gasteiger partial charge >= 0.3 is 0 Å². The molecule has 0 bridgehead atoms. The smallest absolute Gasteiger partial charge is 0.236 e. The molecule has 3 aliphatic rings. The van der Waals surface area contributed by atoms with E-state index in [-0.39, 0.29) is 0 Å². The zero-order valence-corrected chi connectivity index (χ0v) is 11.9. The summed E-state index contributed by atoms with van der Waals surface area (Å²) in [7, 11) is 0. The van der Waals surface area contributed by atoms with Gasteiger partial charge in [-0.2, -0.15) is 0 Å². The van der Waals surface area contributed by atoms with Crippen LogP contribution in [0.5, 0.6) is 0 Å². The monoisotopic (exact) mass is 265 g/mol. The molecule has 2 saturated heterocycles. The van der Waals surface area contributed by atoms with Crippen LogP contribution in [0, 0.1) is 5.92 Å². The molecule has 4 nitrogen and oxygen atoms in total. The fraction of sp³-hybridized carbons (Fsp3) is 0.933. The van der Waals surface area contributed by atoms with Gasteiger partial charge in [-0.3, -0.25) is 9.69 Å². The molecule has 0 aromatic rings. The summed E-state index contributed by atoms with van der Waals surface area (Å²) in [5, 5.41) is 3.63. The molecule has 3 fully saturated rings. The van der Waals surface area contributed by atoms with Gasteiger partial charge in [0.1, 0.15) is 0 Å². The molecular weight excluding hydrogens is 238 g/mol. The van der Waals surface area contributed by atoms with E-state index in [1.165, 1.54) is 38.5 Å². The van der Waals surface area contributed by atoms with Gasteiger partial charge in [-0.25, -0.2) is 0 Å². The van der Waals surface area contributed by atoms with Crippen LogP contribution in [0.15, 0.2) is 0 Å². The van der Waals surface area contributed by atoms with Crippen molar-refractivity contribution < 1.29 is 4.79 Å². The van der Waals surface area contributed by atoms with E-state index in [0.29, 0.717) is 12.5 Å². The molecule has 2 heterocycles. The van der Waals surface area contributed by atoms with E-state index in [1.807, 2.05) is 4.90 Å². The van der Waals surface area contributed by atoms with Crippen molar-refractivity contribution in [3.63, 3.8) is 0 Å². The Hall–Kier alpha value is -0.610. The third-order valence-electron chi connectivity index (χ3n) is 4.69. The number of likely N-dealkylation sites (tertiary alicyclic amines) is 2. The maximum absolute atomic E-state index is 12.2. The third kappa shape index (κ3) is 3.93. The highest BCUT2D eigenvalue weighted by molar-refractivity contribution is 5.78. The maximum Gasteiger partial charge on any atom is 0.236 e. The summed E-state index contributed by atoms with van der Waals surface area (Å²) in [5.41, 5.74) is 0. The van der Waals surface area contributed by atoms with Gasteiger partial charge in [-0.05, 0) is 57.5 Å². The molecule has 1 saturated carbocycles. The summed E-state index contributed by atoms with van der Waals surface area (Å²) < 4.78 is 0. The molecule has 2 aliphatic heterocycles. The largest absolute Gasteiger partial charge is 0.342 e. The Kier molecular flexibility index (Phi) is 4.38. The Morgan fingerprint density at radius 3 is 2.58 bits per heavy atom. The van der Waals surface area contributed by atoms with E-state index < -0.39 is 0 Å². The van der Waals surface area contributed by atoms with E-state index in [9.17, 15) is 4.79 Å². The highest BCUT2D eigenvalue weighted by Gasteiger charge is 2.26. The van der Waals surface area contributed by atoms with Crippen LogP contribution in [-0.4, -0.2) is 61.0 Å². The highest BCUT2D eigenvalue weighted by atomic mass is 16.2. The van der Waals surface area contributed by atoms with Gasteiger partial charge in [0.15, 0.2) is 0 Å². The number of amides is 1. The molecule has 1 atom stereocenters. The quantitative estimate of drug-likeness (QED) is 0.808. The Morgan fingerprint density at radius 2 is 1.84 bits per heavy atom. The van der Waals surface area contributed by atoms with Crippen LogP contribution in [0.3, 0.4) is 0 Å². The van der Waals surface area contributed by atoms with Crippen molar-refractivity contribution in [3.8, 4) is 0 Å². The zero-order valence-electron chi connectivity index (χ0n) is 11.9. The minimum Gasteiger partial charge on any atom is -0.342 e. The van der Waals surface area contributed by atoms with Crippen LogP contribution < -0.4 is 5.32 Å². The first kappa shape index (κ1) is 13.4. The van der Waals surface area contributed by atoms with Crippen molar-refractivity contribution in [2.75, 3.05) is 39.3 Å². The number of rotatable bonds is 5. The molecule has 0 radical (unpaired) electrons. The number of carbonyl (C=O) groups is 1. The van der Waals surface area contributed by atoms with Crippen molar-refractivity contribution >= 4 is 5.91 Å². The minimum absolute atomic E-state index is 0.355. The summed E-state index contributed by atoms with van der Waals surface area (Å²) in [6, 6.07) is 0.807. The Bertz CT molecular complexity index is 311. The van der Waals surface area contributed by atoms with Crippen molar-refractivity contribution in [1.29, 1.82) is 0 Å². The average Bonchev–Trinajstić information content (AvgIpc) is 3.08. The molecular formula is C15H27N3O. The lowest BCUT2D eigenvalue weighted by Crippen LogP contribution is -2.45. The second kappa shape index (κ2) is 6.23. The van der Waals surface area contributed by atoms with Crippen LogP contribution in [0.4, 0.5) is 0 Å². The Labute approximate surface area is 116 Å². The van der Waals surface area contributed by atoms with Gasteiger partial charge in [-0.15, -0.1) is 0 Å². The number of hydrogen-bond acceptors (Lipinski definition) is 3. The number of piperidine rings is 1. The molecule has 3 rings (SSSR count). The van der Waals surface area contributed by atoms with Crippen molar-refractivity contribution in [2.24, 2.45) is 5.92 Å². The molecule has 1 N–H and O–H groups in total. The number of nitrogens with one attached hydrogen (secondary N) is 1. The molecule has 19 heavy (non-hydrogen) atoms. The highest BCUT2D eigenvalue weighted by Crippen LogP contribution is 2.21. The second-order valence-electron chi connectivity index (χ2n) is 6.51. The van der Waals surface area contributed by atoms with Gasteiger partial charge in [0.2, 0.25) is 5.91 Å². The summed E-state index contributed by atoms with van der Waals surface area (Å²) in [6.45, 7) is 6.00. The lowest BCUT2D eigenvalue weighted by Gasteiger charge is -2.33. The Balaban J connectivity index is 1.40. The minimum atomic E-state index is 0.355. The van der Waals surface area contributed by atoms with Crippen molar-refractivity contribution in [3.05, 3.63) is 0 Å².